The molecule has 2 aromatic rings. The lowest BCUT2D eigenvalue weighted by Gasteiger charge is -2.29. The van der Waals surface area contributed by atoms with Gasteiger partial charge in [0.25, 0.3) is 0 Å². The normalized spacial score (nSPS) is 13.6. The summed E-state index contributed by atoms with van der Waals surface area (Å²) in [7, 11) is 3.40. The van der Waals surface area contributed by atoms with E-state index in [0.717, 1.165) is 42.8 Å². The third kappa shape index (κ3) is 5.28. The first-order valence-electron chi connectivity index (χ1n) is 10.1. The van der Waals surface area contributed by atoms with E-state index in [1.807, 2.05) is 30.0 Å². The number of guanidine groups is 1. The van der Waals surface area contributed by atoms with Gasteiger partial charge in [-0.3, -0.25) is 9.79 Å². The predicted molar refractivity (Wildman–Crippen MR) is 118 cm³/mol. The van der Waals surface area contributed by atoms with Crippen LogP contribution in [0, 0.1) is 6.92 Å². The van der Waals surface area contributed by atoms with E-state index < -0.39 is 0 Å². The fourth-order valence-corrected chi connectivity index (χ4v) is 3.61. The van der Waals surface area contributed by atoms with Gasteiger partial charge in [-0.25, -0.2) is 0 Å². The van der Waals surface area contributed by atoms with Crippen LogP contribution in [0.2, 0.25) is 0 Å². The molecular formula is C23H30N4O2. The molecule has 1 aliphatic rings. The van der Waals surface area contributed by atoms with E-state index in [1.54, 1.807) is 14.2 Å². The molecule has 0 aliphatic carbocycles. The molecule has 0 radical (unpaired) electrons. The number of para-hydroxylation sites is 1. The summed E-state index contributed by atoms with van der Waals surface area (Å²) in [6.45, 7) is 3.72. The highest BCUT2D eigenvalue weighted by molar-refractivity contribution is 5.98. The van der Waals surface area contributed by atoms with Crippen LogP contribution in [0.15, 0.2) is 47.5 Å². The van der Waals surface area contributed by atoms with Crippen molar-refractivity contribution in [1.82, 2.24) is 10.6 Å². The topological polar surface area (TPSA) is 66.0 Å². The van der Waals surface area contributed by atoms with Crippen molar-refractivity contribution in [2.24, 2.45) is 4.99 Å². The van der Waals surface area contributed by atoms with Crippen LogP contribution in [-0.2, 0) is 17.6 Å². The zero-order chi connectivity index (χ0) is 20.6. The van der Waals surface area contributed by atoms with Crippen molar-refractivity contribution < 1.29 is 9.53 Å². The number of hydrogen-bond acceptors (Lipinski definition) is 3. The molecule has 6 heteroatoms. The number of methoxy groups -OCH3 is 1. The van der Waals surface area contributed by atoms with E-state index in [1.165, 1.54) is 11.1 Å². The zero-order valence-corrected chi connectivity index (χ0v) is 17.5. The summed E-state index contributed by atoms with van der Waals surface area (Å²) in [6, 6.07) is 14.4. The number of rotatable bonds is 6. The van der Waals surface area contributed by atoms with Gasteiger partial charge in [-0.05, 0) is 55.0 Å². The van der Waals surface area contributed by atoms with E-state index >= 15 is 0 Å². The Balaban J connectivity index is 1.49. The minimum atomic E-state index is 0.0587. The Morgan fingerprint density at radius 2 is 2.03 bits per heavy atom. The van der Waals surface area contributed by atoms with Crippen molar-refractivity contribution in [3.05, 3.63) is 59.2 Å². The Bertz CT molecular complexity index is 879. The summed E-state index contributed by atoms with van der Waals surface area (Å²) in [6.07, 6.45) is 2.86. The number of carbonyl (C=O) groups excluding carboxylic acids is 1. The van der Waals surface area contributed by atoms with E-state index in [2.05, 4.69) is 39.9 Å². The Kier molecular flexibility index (Phi) is 7.11. The second-order valence-electron chi connectivity index (χ2n) is 7.18. The zero-order valence-electron chi connectivity index (χ0n) is 17.5. The molecule has 0 atom stereocenters. The van der Waals surface area contributed by atoms with E-state index in [4.69, 9.17) is 4.74 Å². The van der Waals surface area contributed by atoms with Crippen molar-refractivity contribution in [3.63, 3.8) is 0 Å². The maximum atomic E-state index is 12.7. The van der Waals surface area contributed by atoms with Gasteiger partial charge < -0.3 is 20.3 Å². The van der Waals surface area contributed by atoms with Crippen molar-refractivity contribution in [3.8, 4) is 5.75 Å². The standard InChI is InChI=1S/C23H30N4O2/c1-17-10-11-18(15-21(17)29-3)12-13-25-23(24-2)26-16-22(28)27-14-6-8-19-7-4-5-9-20(19)27/h4-5,7,9-11,15H,6,8,12-14,16H2,1-3H3,(H2,24,25,26). The predicted octanol–water partition coefficient (Wildman–Crippen LogP) is 2.69. The van der Waals surface area contributed by atoms with Crippen molar-refractivity contribution >= 4 is 17.6 Å². The second-order valence-corrected chi connectivity index (χ2v) is 7.18. The van der Waals surface area contributed by atoms with Gasteiger partial charge >= 0.3 is 0 Å². The van der Waals surface area contributed by atoms with Gasteiger partial charge in [-0.15, -0.1) is 0 Å². The third-order valence-corrected chi connectivity index (χ3v) is 5.22. The molecule has 0 saturated carbocycles. The Labute approximate surface area is 173 Å². The number of hydrogen-bond donors (Lipinski definition) is 2. The highest BCUT2D eigenvalue weighted by Crippen LogP contribution is 2.26. The van der Waals surface area contributed by atoms with Crippen LogP contribution < -0.4 is 20.3 Å². The van der Waals surface area contributed by atoms with E-state index in [0.29, 0.717) is 12.5 Å². The van der Waals surface area contributed by atoms with Crippen LogP contribution in [-0.4, -0.2) is 45.7 Å². The molecule has 0 bridgehead atoms. The average molecular weight is 395 g/mol. The quantitative estimate of drug-likeness (QED) is 0.584. The molecule has 3 rings (SSSR count). The Morgan fingerprint density at radius 3 is 2.83 bits per heavy atom. The summed E-state index contributed by atoms with van der Waals surface area (Å²) in [5.74, 6) is 1.59. The lowest BCUT2D eigenvalue weighted by atomic mass is 10.0. The maximum absolute atomic E-state index is 12.7. The first-order chi connectivity index (χ1) is 14.1. The number of fused-ring (bicyclic) bond motifs is 1. The highest BCUT2D eigenvalue weighted by Gasteiger charge is 2.21. The van der Waals surface area contributed by atoms with Gasteiger partial charge in [0, 0.05) is 25.8 Å². The SMILES string of the molecule is CN=C(NCCc1ccc(C)c(OC)c1)NCC(=O)N1CCCc2ccccc21. The molecule has 0 spiro atoms. The van der Waals surface area contributed by atoms with Crippen molar-refractivity contribution in [1.29, 1.82) is 0 Å². The van der Waals surface area contributed by atoms with Gasteiger partial charge in [0.2, 0.25) is 5.91 Å². The van der Waals surface area contributed by atoms with Crippen LogP contribution in [0.25, 0.3) is 0 Å². The molecule has 0 unspecified atom stereocenters. The fourth-order valence-electron chi connectivity index (χ4n) is 3.61. The summed E-state index contributed by atoms with van der Waals surface area (Å²) >= 11 is 0. The van der Waals surface area contributed by atoms with Crippen LogP contribution >= 0.6 is 0 Å². The van der Waals surface area contributed by atoms with Gasteiger partial charge in [0.1, 0.15) is 5.75 Å². The third-order valence-electron chi connectivity index (χ3n) is 5.22. The smallest absolute Gasteiger partial charge is 0.246 e. The number of carbonyl (C=O) groups is 1. The van der Waals surface area contributed by atoms with Crippen molar-refractivity contribution in [2.75, 3.05) is 38.7 Å². The molecule has 6 nitrogen and oxygen atoms in total. The summed E-state index contributed by atoms with van der Waals surface area (Å²) in [5.41, 5.74) is 4.58. The number of aryl methyl sites for hydroxylation is 2. The van der Waals surface area contributed by atoms with Crippen molar-refractivity contribution in [2.45, 2.75) is 26.2 Å². The number of ether oxygens (including phenoxy) is 1. The summed E-state index contributed by atoms with van der Waals surface area (Å²) < 4.78 is 5.38. The van der Waals surface area contributed by atoms with E-state index in [9.17, 15) is 4.79 Å². The number of aliphatic imine (C=N–C) groups is 1. The number of anilines is 1. The lowest BCUT2D eigenvalue weighted by molar-refractivity contribution is -0.117. The molecule has 29 heavy (non-hydrogen) atoms. The van der Waals surface area contributed by atoms with Gasteiger partial charge in [0.05, 0.1) is 13.7 Å². The molecule has 0 fully saturated rings. The Morgan fingerprint density at radius 1 is 1.21 bits per heavy atom. The van der Waals surface area contributed by atoms with Gasteiger partial charge in [0.15, 0.2) is 5.96 Å². The Hall–Kier alpha value is -3.02. The number of nitrogens with one attached hydrogen (secondary N) is 2. The van der Waals surface area contributed by atoms with Crippen LogP contribution in [0.5, 0.6) is 5.75 Å². The molecule has 1 amide bonds. The molecule has 1 heterocycles. The fraction of sp³-hybridized carbons (Fsp3) is 0.391. The maximum Gasteiger partial charge on any atom is 0.246 e. The van der Waals surface area contributed by atoms with Crippen LogP contribution in [0.4, 0.5) is 5.69 Å². The number of benzene rings is 2. The molecule has 1 aliphatic heterocycles. The minimum Gasteiger partial charge on any atom is -0.496 e. The molecule has 0 saturated heterocycles. The first kappa shape index (κ1) is 20.7. The molecule has 2 aromatic carbocycles. The first-order valence-corrected chi connectivity index (χ1v) is 10.1. The molecular weight excluding hydrogens is 364 g/mol. The van der Waals surface area contributed by atoms with Crippen LogP contribution in [0.1, 0.15) is 23.1 Å². The number of amides is 1. The summed E-state index contributed by atoms with van der Waals surface area (Å²) in [4.78, 5) is 18.8. The average Bonchev–Trinajstić information content (AvgIpc) is 2.76. The molecule has 0 aromatic heterocycles. The minimum absolute atomic E-state index is 0.0587. The van der Waals surface area contributed by atoms with Gasteiger partial charge in [-0.1, -0.05) is 30.3 Å². The second kappa shape index (κ2) is 9.96. The highest BCUT2D eigenvalue weighted by atomic mass is 16.5. The van der Waals surface area contributed by atoms with E-state index in [-0.39, 0.29) is 12.5 Å². The molecule has 2 N–H and O–H groups in total. The van der Waals surface area contributed by atoms with Gasteiger partial charge in [-0.2, -0.15) is 0 Å². The van der Waals surface area contributed by atoms with Crippen LogP contribution in [0.3, 0.4) is 0 Å². The molecule has 154 valence electrons. The number of nitrogens with zero attached hydrogens (tertiary/aromatic N) is 2. The lowest BCUT2D eigenvalue weighted by Crippen LogP contribution is -2.46. The monoisotopic (exact) mass is 394 g/mol. The summed E-state index contributed by atoms with van der Waals surface area (Å²) in [5, 5.41) is 6.41. The largest absolute Gasteiger partial charge is 0.496 e.